The molecule has 1 N–H and O–H groups in total. The molecule has 0 amide bonds. The van der Waals surface area contributed by atoms with Gasteiger partial charge in [-0.1, -0.05) is 12.1 Å². The van der Waals surface area contributed by atoms with Crippen LogP contribution in [0.25, 0.3) is 0 Å². The number of rotatable bonds is 6. The van der Waals surface area contributed by atoms with E-state index in [4.69, 9.17) is 4.74 Å². The first kappa shape index (κ1) is 16.9. The molecule has 4 nitrogen and oxygen atoms in total. The Bertz CT molecular complexity index is 786. The fourth-order valence-corrected chi connectivity index (χ4v) is 5.44. The first-order valence-electron chi connectivity index (χ1n) is 9.19. The van der Waals surface area contributed by atoms with Gasteiger partial charge in [-0.05, 0) is 67.9 Å². The van der Waals surface area contributed by atoms with Crippen molar-refractivity contribution >= 4 is 9.84 Å². The van der Waals surface area contributed by atoms with Gasteiger partial charge in [0.25, 0.3) is 0 Å². The van der Waals surface area contributed by atoms with Crippen molar-refractivity contribution in [2.24, 2.45) is 5.92 Å². The lowest BCUT2D eigenvalue weighted by Crippen LogP contribution is -2.18. The topological polar surface area (TPSA) is 59.2 Å². The Morgan fingerprint density at radius 2 is 1.76 bits per heavy atom. The molecule has 134 valence electrons. The number of H-pyrrole nitrogens is 1. The number of aromatic amines is 1. The van der Waals surface area contributed by atoms with E-state index >= 15 is 0 Å². The quantitative estimate of drug-likeness (QED) is 0.851. The van der Waals surface area contributed by atoms with Gasteiger partial charge in [0.15, 0.2) is 9.84 Å². The van der Waals surface area contributed by atoms with Gasteiger partial charge in [-0.2, -0.15) is 0 Å². The number of ether oxygens (including phenoxy) is 1. The minimum atomic E-state index is -3.11. The van der Waals surface area contributed by atoms with Crippen LogP contribution in [0.4, 0.5) is 0 Å². The maximum absolute atomic E-state index is 12.4. The molecule has 1 aliphatic carbocycles. The molecular weight excluding hydrogens is 334 g/mol. The number of hydrogen-bond donors (Lipinski definition) is 1. The van der Waals surface area contributed by atoms with Crippen molar-refractivity contribution in [3.63, 3.8) is 0 Å². The van der Waals surface area contributed by atoms with Gasteiger partial charge in [-0.3, -0.25) is 0 Å². The number of hydrogen-bond acceptors (Lipinski definition) is 3. The van der Waals surface area contributed by atoms with Crippen LogP contribution in [0.2, 0.25) is 0 Å². The minimum absolute atomic E-state index is 0.153. The predicted octanol–water partition coefficient (Wildman–Crippen LogP) is 3.90. The molecule has 0 spiro atoms. The Morgan fingerprint density at radius 1 is 1.04 bits per heavy atom. The summed E-state index contributed by atoms with van der Waals surface area (Å²) in [5, 5.41) is -0.153. The number of sulfone groups is 1. The fraction of sp³-hybridized carbons (Fsp3) is 0.500. The molecule has 2 fully saturated rings. The van der Waals surface area contributed by atoms with Crippen molar-refractivity contribution in [3.8, 4) is 0 Å². The van der Waals surface area contributed by atoms with Gasteiger partial charge >= 0.3 is 0 Å². The summed E-state index contributed by atoms with van der Waals surface area (Å²) in [5.74, 6) is 0.924. The van der Waals surface area contributed by atoms with Crippen LogP contribution in [-0.2, 0) is 14.6 Å². The van der Waals surface area contributed by atoms with Gasteiger partial charge in [-0.25, -0.2) is 8.42 Å². The summed E-state index contributed by atoms with van der Waals surface area (Å²) in [7, 11) is -3.11. The van der Waals surface area contributed by atoms with Crippen LogP contribution in [0.3, 0.4) is 0 Å². The van der Waals surface area contributed by atoms with E-state index in [2.05, 4.69) is 11.1 Å². The van der Waals surface area contributed by atoms with Gasteiger partial charge in [0.2, 0.25) is 0 Å². The van der Waals surface area contributed by atoms with E-state index in [0.717, 1.165) is 45.3 Å². The second kappa shape index (κ2) is 6.96. The van der Waals surface area contributed by atoms with Gasteiger partial charge in [0, 0.05) is 31.0 Å². The van der Waals surface area contributed by atoms with Gasteiger partial charge in [0.05, 0.1) is 10.1 Å². The van der Waals surface area contributed by atoms with E-state index in [9.17, 15) is 8.42 Å². The second-order valence-corrected chi connectivity index (χ2v) is 9.51. The van der Waals surface area contributed by atoms with Gasteiger partial charge < -0.3 is 9.72 Å². The molecule has 2 aliphatic rings. The summed E-state index contributed by atoms with van der Waals surface area (Å²) < 4.78 is 30.3. The highest BCUT2D eigenvalue weighted by atomic mass is 32.2. The van der Waals surface area contributed by atoms with E-state index < -0.39 is 9.84 Å². The normalized spacial score (nSPS) is 20.5. The van der Waals surface area contributed by atoms with Crippen molar-refractivity contribution in [3.05, 3.63) is 53.9 Å². The summed E-state index contributed by atoms with van der Waals surface area (Å²) in [6.07, 6.45) is 6.84. The molecule has 2 heterocycles. The van der Waals surface area contributed by atoms with Crippen LogP contribution in [-0.4, -0.2) is 31.9 Å². The van der Waals surface area contributed by atoms with Crippen LogP contribution in [0.15, 0.2) is 47.5 Å². The lowest BCUT2D eigenvalue weighted by atomic mass is 9.83. The summed E-state index contributed by atoms with van der Waals surface area (Å²) in [5.41, 5.74) is 2.38. The average molecular weight is 359 g/mol. The van der Waals surface area contributed by atoms with Crippen LogP contribution in [0.1, 0.15) is 49.3 Å². The van der Waals surface area contributed by atoms with Crippen molar-refractivity contribution in [1.82, 2.24) is 4.98 Å². The molecule has 0 radical (unpaired) electrons. The predicted molar refractivity (Wildman–Crippen MR) is 97.4 cm³/mol. The third-order valence-electron chi connectivity index (χ3n) is 5.48. The second-order valence-electron chi connectivity index (χ2n) is 7.28. The fourth-order valence-electron chi connectivity index (χ4n) is 3.78. The molecule has 1 atom stereocenters. The first-order valence-corrected chi connectivity index (χ1v) is 10.7. The Kier molecular flexibility index (Phi) is 4.69. The summed E-state index contributed by atoms with van der Waals surface area (Å²) in [6.45, 7) is 1.70. The lowest BCUT2D eigenvalue weighted by Gasteiger charge is -2.26. The summed E-state index contributed by atoms with van der Waals surface area (Å²) in [6, 6.07) is 11.7. The smallest absolute Gasteiger partial charge is 0.181 e. The molecule has 1 unspecified atom stereocenters. The highest BCUT2D eigenvalue weighted by Crippen LogP contribution is 2.36. The SMILES string of the molecule is O=S(=O)(c1ccc(C(CC2CCOCC2)c2ccc[nH]2)cc1)C1CC1. The van der Waals surface area contributed by atoms with E-state index in [0.29, 0.717) is 10.8 Å². The maximum Gasteiger partial charge on any atom is 0.181 e. The van der Waals surface area contributed by atoms with Gasteiger partial charge in [0.1, 0.15) is 0 Å². The zero-order valence-electron chi connectivity index (χ0n) is 14.4. The Morgan fingerprint density at radius 3 is 2.36 bits per heavy atom. The molecule has 1 aliphatic heterocycles. The van der Waals surface area contributed by atoms with E-state index in [1.165, 1.54) is 11.3 Å². The molecule has 2 aromatic rings. The molecule has 4 rings (SSSR count). The number of aromatic nitrogens is 1. The molecule has 1 aromatic heterocycles. The standard InChI is InChI=1S/C20H25NO3S/c22-25(23,18-7-8-18)17-5-3-16(4-6-17)19(20-2-1-11-21-20)14-15-9-12-24-13-10-15/h1-6,11,15,18-19,21H,7-10,12-14H2. The molecule has 1 aromatic carbocycles. The van der Waals surface area contributed by atoms with Crippen LogP contribution in [0, 0.1) is 5.92 Å². The Balaban J connectivity index is 1.58. The Hall–Kier alpha value is -1.59. The van der Waals surface area contributed by atoms with Crippen molar-refractivity contribution in [1.29, 1.82) is 0 Å². The monoisotopic (exact) mass is 359 g/mol. The number of benzene rings is 1. The largest absolute Gasteiger partial charge is 0.381 e. The zero-order valence-corrected chi connectivity index (χ0v) is 15.2. The summed E-state index contributed by atoms with van der Waals surface area (Å²) >= 11 is 0. The third-order valence-corrected chi connectivity index (χ3v) is 7.76. The maximum atomic E-state index is 12.4. The van der Waals surface area contributed by atoms with Crippen molar-refractivity contribution in [2.45, 2.75) is 48.2 Å². The van der Waals surface area contributed by atoms with Crippen molar-refractivity contribution in [2.75, 3.05) is 13.2 Å². The van der Waals surface area contributed by atoms with Crippen LogP contribution in [0.5, 0.6) is 0 Å². The Labute approximate surface area is 149 Å². The van der Waals surface area contributed by atoms with E-state index in [-0.39, 0.29) is 11.2 Å². The molecule has 25 heavy (non-hydrogen) atoms. The highest BCUT2D eigenvalue weighted by molar-refractivity contribution is 7.92. The molecule has 0 bridgehead atoms. The van der Waals surface area contributed by atoms with Gasteiger partial charge in [-0.15, -0.1) is 0 Å². The highest BCUT2D eigenvalue weighted by Gasteiger charge is 2.36. The van der Waals surface area contributed by atoms with Crippen LogP contribution >= 0.6 is 0 Å². The molecule has 5 heteroatoms. The average Bonchev–Trinajstić information content (AvgIpc) is 3.38. The number of nitrogens with one attached hydrogen (secondary N) is 1. The molecular formula is C20H25NO3S. The molecule has 1 saturated heterocycles. The minimum Gasteiger partial charge on any atom is -0.381 e. The first-order chi connectivity index (χ1) is 12.1. The third kappa shape index (κ3) is 3.67. The van der Waals surface area contributed by atoms with Crippen molar-refractivity contribution < 1.29 is 13.2 Å². The molecule has 1 saturated carbocycles. The zero-order chi connectivity index (χ0) is 17.3. The summed E-state index contributed by atoms with van der Waals surface area (Å²) in [4.78, 5) is 3.82. The lowest BCUT2D eigenvalue weighted by molar-refractivity contribution is 0.0626. The van der Waals surface area contributed by atoms with E-state index in [1.807, 2.05) is 24.4 Å². The van der Waals surface area contributed by atoms with E-state index in [1.54, 1.807) is 12.1 Å². The van der Waals surface area contributed by atoms with Crippen LogP contribution < -0.4 is 0 Å².